The summed E-state index contributed by atoms with van der Waals surface area (Å²) in [5.41, 5.74) is 6.46. The monoisotopic (exact) mass is 189 g/mol. The van der Waals surface area contributed by atoms with Crippen molar-refractivity contribution in [2.24, 2.45) is 5.73 Å². The first-order chi connectivity index (χ1) is 6.90. The first kappa shape index (κ1) is 8.83. The molecule has 0 saturated carbocycles. The van der Waals surface area contributed by atoms with Gasteiger partial charge in [0.2, 0.25) is 5.95 Å². The Morgan fingerprint density at radius 3 is 2.64 bits per heavy atom. The highest BCUT2D eigenvalue weighted by molar-refractivity contribution is 5.13. The standard InChI is InChI=1S/C9H11N5/c10-3-2-8-6-11-9(12-7-8)14-5-1-4-13-14/h1,4-7H,2-3,10H2. The van der Waals surface area contributed by atoms with Gasteiger partial charge in [-0.25, -0.2) is 14.6 Å². The van der Waals surface area contributed by atoms with Gasteiger partial charge in [0.1, 0.15) is 0 Å². The molecular formula is C9H11N5. The van der Waals surface area contributed by atoms with Crippen LogP contribution >= 0.6 is 0 Å². The molecule has 0 aliphatic rings. The Hall–Kier alpha value is -1.75. The second kappa shape index (κ2) is 3.97. The van der Waals surface area contributed by atoms with Crippen LogP contribution in [0.1, 0.15) is 5.56 Å². The highest BCUT2D eigenvalue weighted by Gasteiger charge is 1.98. The van der Waals surface area contributed by atoms with Crippen LogP contribution in [0.25, 0.3) is 5.95 Å². The van der Waals surface area contributed by atoms with Crippen LogP contribution in [0, 0.1) is 0 Å². The molecule has 0 atom stereocenters. The second-order valence-electron chi connectivity index (χ2n) is 2.88. The fraction of sp³-hybridized carbons (Fsp3) is 0.222. The van der Waals surface area contributed by atoms with Gasteiger partial charge in [-0.2, -0.15) is 5.10 Å². The van der Waals surface area contributed by atoms with Crippen molar-refractivity contribution >= 4 is 0 Å². The molecule has 0 spiro atoms. The Bertz CT molecular complexity index is 378. The Labute approximate surface area is 81.6 Å². The first-order valence-corrected chi connectivity index (χ1v) is 4.41. The molecule has 0 aliphatic carbocycles. The van der Waals surface area contributed by atoms with Crippen molar-refractivity contribution in [2.45, 2.75) is 6.42 Å². The van der Waals surface area contributed by atoms with Gasteiger partial charge >= 0.3 is 0 Å². The largest absolute Gasteiger partial charge is 0.330 e. The summed E-state index contributed by atoms with van der Waals surface area (Å²) in [6.45, 7) is 0.616. The molecule has 0 unspecified atom stereocenters. The zero-order valence-electron chi connectivity index (χ0n) is 7.67. The highest BCUT2D eigenvalue weighted by Crippen LogP contribution is 2.00. The Morgan fingerprint density at radius 2 is 2.07 bits per heavy atom. The van der Waals surface area contributed by atoms with Gasteiger partial charge in [0, 0.05) is 24.8 Å². The summed E-state index contributed by atoms with van der Waals surface area (Å²) < 4.78 is 1.62. The molecule has 2 heterocycles. The molecule has 0 amide bonds. The number of hydrogen-bond donors (Lipinski definition) is 1. The molecule has 14 heavy (non-hydrogen) atoms. The molecular weight excluding hydrogens is 178 g/mol. The molecule has 2 N–H and O–H groups in total. The SMILES string of the molecule is NCCc1cnc(-n2cccn2)nc1. The first-order valence-electron chi connectivity index (χ1n) is 4.41. The van der Waals surface area contributed by atoms with Crippen LogP contribution in [0.15, 0.2) is 30.9 Å². The van der Waals surface area contributed by atoms with Gasteiger partial charge in [-0.15, -0.1) is 0 Å². The van der Waals surface area contributed by atoms with Crippen LogP contribution in [-0.4, -0.2) is 26.3 Å². The summed E-state index contributed by atoms with van der Waals surface area (Å²) in [5, 5.41) is 4.03. The lowest BCUT2D eigenvalue weighted by atomic mass is 10.2. The van der Waals surface area contributed by atoms with Gasteiger partial charge < -0.3 is 5.73 Å². The molecule has 0 fully saturated rings. The third-order valence-electron chi connectivity index (χ3n) is 1.83. The zero-order chi connectivity index (χ0) is 9.80. The van der Waals surface area contributed by atoms with Gasteiger partial charge in [0.25, 0.3) is 0 Å². The van der Waals surface area contributed by atoms with Gasteiger partial charge in [0.15, 0.2) is 0 Å². The predicted molar refractivity (Wildman–Crippen MR) is 51.9 cm³/mol. The van der Waals surface area contributed by atoms with Crippen molar-refractivity contribution in [3.8, 4) is 5.95 Å². The van der Waals surface area contributed by atoms with Crippen molar-refractivity contribution < 1.29 is 0 Å². The molecule has 0 aliphatic heterocycles. The van der Waals surface area contributed by atoms with Crippen molar-refractivity contribution in [3.05, 3.63) is 36.4 Å². The summed E-state index contributed by atoms with van der Waals surface area (Å²) in [5.74, 6) is 0.579. The Kier molecular flexibility index (Phi) is 2.51. The van der Waals surface area contributed by atoms with Crippen LogP contribution in [0.3, 0.4) is 0 Å². The van der Waals surface area contributed by atoms with Crippen molar-refractivity contribution in [1.82, 2.24) is 19.7 Å². The number of nitrogens with two attached hydrogens (primary N) is 1. The fourth-order valence-corrected chi connectivity index (χ4v) is 1.15. The molecule has 0 aromatic carbocycles. The lowest BCUT2D eigenvalue weighted by Crippen LogP contribution is -2.06. The van der Waals surface area contributed by atoms with Crippen LogP contribution in [-0.2, 0) is 6.42 Å². The maximum Gasteiger partial charge on any atom is 0.250 e. The zero-order valence-corrected chi connectivity index (χ0v) is 7.67. The average molecular weight is 189 g/mol. The number of aromatic nitrogens is 4. The number of rotatable bonds is 3. The minimum atomic E-state index is 0.579. The fourth-order valence-electron chi connectivity index (χ4n) is 1.15. The third-order valence-corrected chi connectivity index (χ3v) is 1.83. The molecule has 0 saturated heterocycles. The molecule has 2 aromatic heterocycles. The molecule has 5 nitrogen and oxygen atoms in total. The summed E-state index contributed by atoms with van der Waals surface area (Å²) in [6.07, 6.45) is 7.85. The maximum atomic E-state index is 5.42. The van der Waals surface area contributed by atoms with Crippen molar-refractivity contribution in [3.63, 3.8) is 0 Å². The quantitative estimate of drug-likeness (QED) is 0.746. The smallest absolute Gasteiger partial charge is 0.250 e. The van der Waals surface area contributed by atoms with E-state index in [0.717, 1.165) is 12.0 Å². The van der Waals surface area contributed by atoms with E-state index in [1.54, 1.807) is 29.5 Å². The van der Waals surface area contributed by atoms with Crippen LogP contribution < -0.4 is 5.73 Å². The van der Waals surface area contributed by atoms with Crippen molar-refractivity contribution in [2.75, 3.05) is 6.54 Å². The number of nitrogens with zero attached hydrogens (tertiary/aromatic N) is 4. The molecule has 72 valence electrons. The second-order valence-corrected chi connectivity index (χ2v) is 2.88. The van der Waals surface area contributed by atoms with E-state index in [0.29, 0.717) is 12.5 Å². The van der Waals surface area contributed by atoms with Gasteiger partial charge in [-0.1, -0.05) is 0 Å². The van der Waals surface area contributed by atoms with Crippen LogP contribution in [0.4, 0.5) is 0 Å². The number of hydrogen-bond acceptors (Lipinski definition) is 4. The predicted octanol–water partition coefficient (Wildman–Crippen LogP) is 0.163. The van der Waals surface area contributed by atoms with Gasteiger partial charge in [-0.3, -0.25) is 0 Å². The van der Waals surface area contributed by atoms with E-state index in [1.807, 2.05) is 6.07 Å². The van der Waals surface area contributed by atoms with Gasteiger partial charge in [0.05, 0.1) is 0 Å². The molecule has 2 aromatic rings. The lowest BCUT2D eigenvalue weighted by molar-refractivity contribution is 0.799. The minimum Gasteiger partial charge on any atom is -0.330 e. The van der Waals surface area contributed by atoms with Crippen LogP contribution in [0.5, 0.6) is 0 Å². The van der Waals surface area contributed by atoms with E-state index in [9.17, 15) is 0 Å². The van der Waals surface area contributed by atoms with E-state index >= 15 is 0 Å². The minimum absolute atomic E-state index is 0.579. The molecule has 0 radical (unpaired) electrons. The highest BCUT2D eigenvalue weighted by atomic mass is 15.3. The maximum absolute atomic E-state index is 5.42. The Morgan fingerprint density at radius 1 is 1.29 bits per heavy atom. The van der Waals surface area contributed by atoms with E-state index in [1.165, 1.54) is 0 Å². The third kappa shape index (κ3) is 1.77. The Balaban J connectivity index is 2.22. The topological polar surface area (TPSA) is 69.6 Å². The van der Waals surface area contributed by atoms with Crippen LogP contribution in [0.2, 0.25) is 0 Å². The molecule has 5 heteroatoms. The van der Waals surface area contributed by atoms with E-state index < -0.39 is 0 Å². The normalized spacial score (nSPS) is 10.4. The van der Waals surface area contributed by atoms with E-state index in [-0.39, 0.29) is 0 Å². The van der Waals surface area contributed by atoms with E-state index in [2.05, 4.69) is 15.1 Å². The summed E-state index contributed by atoms with van der Waals surface area (Å²) in [4.78, 5) is 8.35. The summed E-state index contributed by atoms with van der Waals surface area (Å²) >= 11 is 0. The van der Waals surface area contributed by atoms with E-state index in [4.69, 9.17) is 5.73 Å². The summed E-state index contributed by atoms with van der Waals surface area (Å²) in [6, 6.07) is 1.83. The van der Waals surface area contributed by atoms with Crippen molar-refractivity contribution in [1.29, 1.82) is 0 Å². The average Bonchev–Trinajstić information content (AvgIpc) is 2.72. The lowest BCUT2D eigenvalue weighted by Gasteiger charge is -2.00. The summed E-state index contributed by atoms with van der Waals surface area (Å²) in [7, 11) is 0. The molecule has 2 rings (SSSR count). The van der Waals surface area contributed by atoms with Gasteiger partial charge in [-0.05, 0) is 24.6 Å². The molecule has 0 bridgehead atoms.